The third kappa shape index (κ3) is 3.86. The molecule has 2 unspecified atom stereocenters. The average molecular weight is 405 g/mol. The van der Waals surface area contributed by atoms with Gasteiger partial charge in [-0.1, -0.05) is 54.4 Å². The fourth-order valence-corrected chi connectivity index (χ4v) is 5.53. The Kier molecular flexibility index (Phi) is 5.32. The first kappa shape index (κ1) is 13.7. The van der Waals surface area contributed by atoms with Crippen LogP contribution >= 0.6 is 47.8 Å². The Morgan fingerprint density at radius 2 is 1.73 bits per heavy atom. The van der Waals surface area contributed by atoms with E-state index in [1.165, 1.54) is 0 Å². The highest BCUT2D eigenvalue weighted by atomic mass is 79.9. The van der Waals surface area contributed by atoms with Crippen LogP contribution in [0.25, 0.3) is 0 Å². The van der Waals surface area contributed by atoms with Crippen LogP contribution in [0.15, 0.2) is 12.2 Å². The van der Waals surface area contributed by atoms with Crippen LogP contribution in [0.2, 0.25) is 0 Å². The molecule has 1 aliphatic rings. The second kappa shape index (κ2) is 5.82. The monoisotopic (exact) mass is 402 g/mol. The highest BCUT2D eigenvalue weighted by Gasteiger charge is 2.37. The van der Waals surface area contributed by atoms with Crippen molar-refractivity contribution in [2.45, 2.75) is 40.4 Å². The van der Waals surface area contributed by atoms with Crippen molar-refractivity contribution in [3.05, 3.63) is 12.2 Å². The first-order valence-corrected chi connectivity index (χ1v) is 7.45. The minimum Gasteiger partial charge on any atom is -0.457 e. The maximum atomic E-state index is 11.4. The highest BCUT2D eigenvalue weighted by molar-refractivity contribution is 9.10. The molecule has 0 N–H and O–H groups in total. The zero-order chi connectivity index (χ0) is 11.6. The van der Waals surface area contributed by atoms with Crippen LogP contribution in [0.4, 0.5) is 0 Å². The van der Waals surface area contributed by atoms with Gasteiger partial charge in [-0.15, -0.1) is 0 Å². The molecular formula is C10H13Br3O2. The van der Waals surface area contributed by atoms with Crippen molar-refractivity contribution in [2.75, 3.05) is 0 Å². The van der Waals surface area contributed by atoms with Gasteiger partial charge in [-0.3, -0.25) is 0 Å². The quantitative estimate of drug-likeness (QED) is 0.399. The molecule has 0 saturated heterocycles. The van der Waals surface area contributed by atoms with Crippen molar-refractivity contribution in [2.24, 2.45) is 0 Å². The molecule has 0 spiro atoms. The molecule has 15 heavy (non-hydrogen) atoms. The molecule has 1 aliphatic carbocycles. The first-order chi connectivity index (χ1) is 6.91. The summed E-state index contributed by atoms with van der Waals surface area (Å²) in [4.78, 5) is 12.2. The van der Waals surface area contributed by atoms with Gasteiger partial charge in [0.25, 0.3) is 0 Å². The lowest BCUT2D eigenvalue weighted by molar-refractivity contribution is -0.144. The number of carbonyl (C=O) groups excluding carboxylic acids is 1. The third-order valence-corrected chi connectivity index (χ3v) is 4.80. The van der Waals surface area contributed by atoms with E-state index in [-0.39, 0.29) is 21.7 Å². The van der Waals surface area contributed by atoms with Crippen molar-refractivity contribution in [1.82, 2.24) is 0 Å². The van der Waals surface area contributed by atoms with Gasteiger partial charge in [0, 0.05) is 10.4 Å². The van der Waals surface area contributed by atoms with Gasteiger partial charge < -0.3 is 4.74 Å². The maximum Gasteiger partial charge on any atom is 0.333 e. The van der Waals surface area contributed by atoms with E-state index in [1.54, 1.807) is 6.92 Å². The van der Waals surface area contributed by atoms with Gasteiger partial charge in [0.2, 0.25) is 0 Å². The van der Waals surface area contributed by atoms with Crippen LogP contribution in [0.3, 0.4) is 0 Å². The minimum atomic E-state index is -0.318. The molecular weight excluding hydrogens is 392 g/mol. The van der Waals surface area contributed by atoms with Gasteiger partial charge in [-0.2, -0.15) is 0 Å². The number of esters is 1. The maximum absolute atomic E-state index is 11.4. The van der Waals surface area contributed by atoms with Crippen LogP contribution in [0, 0.1) is 0 Å². The number of carbonyl (C=O) groups is 1. The Morgan fingerprint density at radius 3 is 2.13 bits per heavy atom. The molecule has 0 aromatic heterocycles. The molecule has 0 radical (unpaired) electrons. The molecule has 0 aromatic carbocycles. The van der Waals surface area contributed by atoms with E-state index >= 15 is 0 Å². The predicted octanol–water partition coefficient (Wildman–Crippen LogP) is 3.56. The second-order valence-electron chi connectivity index (χ2n) is 3.75. The van der Waals surface area contributed by atoms with Gasteiger partial charge in [-0.05, 0) is 19.8 Å². The van der Waals surface area contributed by atoms with Gasteiger partial charge in [-0.25, -0.2) is 4.79 Å². The van der Waals surface area contributed by atoms with E-state index in [0.29, 0.717) is 10.4 Å². The summed E-state index contributed by atoms with van der Waals surface area (Å²) in [6, 6.07) is 0. The smallest absolute Gasteiger partial charge is 0.333 e. The fourth-order valence-electron chi connectivity index (χ4n) is 1.45. The fraction of sp³-hybridized carbons (Fsp3) is 0.700. The summed E-state index contributed by atoms with van der Waals surface area (Å²) in [5.41, 5.74) is 0.440. The Balaban J connectivity index is 2.60. The Hall–Kier alpha value is 0.650. The number of hydrogen-bond acceptors (Lipinski definition) is 2. The number of halogens is 3. The Morgan fingerprint density at radius 1 is 1.27 bits per heavy atom. The van der Waals surface area contributed by atoms with Crippen molar-refractivity contribution < 1.29 is 9.53 Å². The molecule has 0 amide bonds. The largest absolute Gasteiger partial charge is 0.457 e. The van der Waals surface area contributed by atoms with Crippen molar-refractivity contribution >= 4 is 53.8 Å². The van der Waals surface area contributed by atoms with E-state index in [0.717, 1.165) is 12.8 Å². The van der Waals surface area contributed by atoms with Crippen LogP contribution in [0.5, 0.6) is 0 Å². The zero-order valence-electron chi connectivity index (χ0n) is 8.38. The molecule has 2 atom stereocenters. The van der Waals surface area contributed by atoms with Gasteiger partial charge in [0.05, 0.1) is 9.65 Å². The van der Waals surface area contributed by atoms with Crippen LogP contribution < -0.4 is 0 Å². The molecule has 1 rings (SSSR count). The summed E-state index contributed by atoms with van der Waals surface area (Å²) in [7, 11) is 0. The normalized spacial score (nSPS) is 36.0. The molecule has 2 nitrogen and oxygen atoms in total. The molecule has 0 aromatic rings. The van der Waals surface area contributed by atoms with Crippen LogP contribution in [-0.4, -0.2) is 26.6 Å². The van der Waals surface area contributed by atoms with Crippen molar-refractivity contribution in [3.63, 3.8) is 0 Å². The number of hydrogen-bond donors (Lipinski definition) is 0. The molecule has 0 heterocycles. The first-order valence-electron chi connectivity index (χ1n) is 4.70. The van der Waals surface area contributed by atoms with E-state index in [1.807, 2.05) is 0 Å². The highest BCUT2D eigenvalue weighted by Crippen LogP contribution is 2.35. The number of ether oxygens (including phenoxy) is 1. The Labute approximate surface area is 115 Å². The number of alkyl halides is 3. The van der Waals surface area contributed by atoms with Crippen LogP contribution in [-0.2, 0) is 9.53 Å². The van der Waals surface area contributed by atoms with E-state index in [2.05, 4.69) is 54.4 Å². The van der Waals surface area contributed by atoms with E-state index in [4.69, 9.17) is 4.74 Å². The summed E-state index contributed by atoms with van der Waals surface area (Å²) < 4.78 is 5.37. The SMILES string of the molecule is C=C(C)C(=O)OC1C(Br)CC(Br)CC1Br. The van der Waals surface area contributed by atoms with Crippen LogP contribution in [0.1, 0.15) is 19.8 Å². The standard InChI is InChI=1S/C10H13Br3O2/c1-5(2)10(14)15-9-7(12)3-6(11)4-8(9)13/h6-9H,1,3-4H2,2H3. The lowest BCUT2D eigenvalue weighted by Crippen LogP contribution is -2.42. The van der Waals surface area contributed by atoms with E-state index < -0.39 is 0 Å². The lowest BCUT2D eigenvalue weighted by Gasteiger charge is -2.34. The summed E-state index contributed by atoms with van der Waals surface area (Å²) in [5, 5.41) is 0. The van der Waals surface area contributed by atoms with Gasteiger partial charge in [0.1, 0.15) is 6.10 Å². The topological polar surface area (TPSA) is 26.3 Å². The average Bonchev–Trinajstić information content (AvgIpc) is 2.10. The molecule has 1 saturated carbocycles. The Bertz CT molecular complexity index is 255. The molecule has 0 aliphatic heterocycles. The van der Waals surface area contributed by atoms with Crippen molar-refractivity contribution in [3.8, 4) is 0 Å². The van der Waals surface area contributed by atoms with Gasteiger partial charge in [0.15, 0.2) is 0 Å². The molecule has 0 bridgehead atoms. The van der Waals surface area contributed by atoms with Gasteiger partial charge >= 0.3 is 5.97 Å². The predicted molar refractivity (Wildman–Crippen MR) is 72.1 cm³/mol. The second-order valence-corrected chi connectivity index (χ2v) is 7.40. The summed E-state index contributed by atoms with van der Waals surface area (Å²) in [5.74, 6) is -0.318. The van der Waals surface area contributed by atoms with Crippen molar-refractivity contribution in [1.29, 1.82) is 0 Å². The minimum absolute atomic E-state index is 0.122. The molecule has 5 heteroatoms. The molecule has 86 valence electrons. The molecule has 1 fully saturated rings. The third-order valence-electron chi connectivity index (χ3n) is 2.27. The summed E-state index contributed by atoms with van der Waals surface area (Å²) >= 11 is 10.7. The zero-order valence-corrected chi connectivity index (χ0v) is 13.1. The number of rotatable bonds is 2. The summed E-state index contributed by atoms with van der Waals surface area (Å²) in [6.45, 7) is 5.23. The lowest BCUT2D eigenvalue weighted by atomic mass is 9.97. The van der Waals surface area contributed by atoms with E-state index in [9.17, 15) is 4.79 Å². The summed E-state index contributed by atoms with van der Waals surface area (Å²) in [6.07, 6.45) is 1.79.